The lowest BCUT2D eigenvalue weighted by Crippen LogP contribution is -2.64. The number of methoxy groups -OCH3 is 1. The highest BCUT2D eigenvalue weighted by Crippen LogP contribution is 2.63. The number of anilines is 5. The molecule has 2 aliphatic heterocycles. The van der Waals surface area contributed by atoms with Crippen molar-refractivity contribution in [3.05, 3.63) is 183 Å². The van der Waals surface area contributed by atoms with Gasteiger partial charge in [0.15, 0.2) is 21.8 Å². The number of rotatable bonds is 18. The number of thiazole rings is 2. The van der Waals surface area contributed by atoms with Gasteiger partial charge >= 0.3 is 12.4 Å². The second-order valence-electron chi connectivity index (χ2n) is 31.3. The average Bonchev–Trinajstić information content (AvgIpc) is 1.23. The second kappa shape index (κ2) is 29.7. The molecule has 7 heterocycles. The number of nitrogens with one attached hydrogen (secondary N) is 3. The van der Waals surface area contributed by atoms with E-state index in [0.29, 0.717) is 96.9 Å². The van der Waals surface area contributed by atoms with E-state index in [1.54, 1.807) is 49.8 Å². The van der Waals surface area contributed by atoms with Gasteiger partial charge in [-0.05, 0) is 89.1 Å². The number of para-hydroxylation sites is 2. The third kappa shape index (κ3) is 15.2. The van der Waals surface area contributed by atoms with Crippen molar-refractivity contribution in [1.82, 2.24) is 44.6 Å². The van der Waals surface area contributed by atoms with Crippen LogP contribution in [-0.2, 0) is 26.9 Å². The molecule has 8 atom stereocenters. The molecule has 1 aliphatic carbocycles. The molecule has 2 amide bonds. The number of nitrogens with zero attached hydrogens (tertiary/aromatic N) is 10. The Hall–Kier alpha value is -8.92. The third-order valence-electron chi connectivity index (χ3n) is 20.1. The van der Waals surface area contributed by atoms with Gasteiger partial charge in [0.05, 0.1) is 67.6 Å². The summed E-state index contributed by atoms with van der Waals surface area (Å²) in [5, 5.41) is 10.6. The van der Waals surface area contributed by atoms with Gasteiger partial charge in [0.25, 0.3) is 5.56 Å². The van der Waals surface area contributed by atoms with Crippen molar-refractivity contribution in [3.8, 4) is 16.8 Å². The number of pyridine rings is 2. The first kappa shape index (κ1) is 75.3. The van der Waals surface area contributed by atoms with Crippen LogP contribution in [0.15, 0.2) is 139 Å². The zero-order valence-corrected chi connectivity index (χ0v) is 63.2. The standard InChI is InChI=1S/C80H90F6N14O4S2/c1-44(2)36-51-39-96(34-35-97(51)42-77(6,7)8)68-62(54-28-19-31-59-65(54)94-75(105-59)91-46(4)101)69(66-70(106-76(95-66)92-47(5)102)63(68)61-52-26-17-16-24-49(52)37-55(79(81,82)83)60(61)50-25-20-32-88-38-50)100-58(40-98(43-78(9,10)11)67(48-22-14-13-15-23-48)73(100)90-45(3)41-104-12)53-27-18-29-56-64(53)93-72(87)74(103)99(56)57-30-21-33-89-71(57)80(84,85)86/h13-33,38,44-45,51,55,58,60-61,67,73,90H,34-37,39-43H2,1-12H3,(H2,87,93)(H,91,94,101)(H,92,95,102). The Balaban J connectivity index is 1.29. The predicted octanol–water partition coefficient (Wildman–Crippen LogP) is 16.4. The van der Waals surface area contributed by atoms with E-state index in [9.17, 15) is 14.4 Å². The van der Waals surface area contributed by atoms with E-state index < -0.39 is 88.5 Å². The Kier molecular flexibility index (Phi) is 21.1. The normalized spacial score (nSPS) is 20.4. The first-order chi connectivity index (χ1) is 50.3. The number of halogens is 6. The van der Waals surface area contributed by atoms with E-state index in [4.69, 9.17) is 25.4 Å². The van der Waals surface area contributed by atoms with E-state index in [-0.39, 0.29) is 64.2 Å². The van der Waals surface area contributed by atoms with Crippen LogP contribution in [0, 0.1) is 22.7 Å². The van der Waals surface area contributed by atoms with Crippen LogP contribution in [-0.4, -0.2) is 129 Å². The average molecular weight is 1490 g/mol. The number of piperazine rings is 2. The van der Waals surface area contributed by atoms with Crippen LogP contribution >= 0.6 is 22.7 Å². The number of benzene rings is 5. The molecule has 10 aromatic rings. The van der Waals surface area contributed by atoms with Crippen LogP contribution in [0.25, 0.3) is 48.3 Å². The summed E-state index contributed by atoms with van der Waals surface area (Å²) < 4.78 is 106. The highest BCUT2D eigenvalue weighted by Gasteiger charge is 2.55. The molecule has 5 aromatic heterocycles. The lowest BCUT2D eigenvalue weighted by Gasteiger charge is -2.56. The molecule has 18 nitrogen and oxygen atoms in total. The van der Waals surface area contributed by atoms with Crippen molar-refractivity contribution in [2.24, 2.45) is 22.7 Å². The van der Waals surface area contributed by atoms with E-state index >= 15 is 26.3 Å². The smallest absolute Gasteiger partial charge is 0.383 e. The van der Waals surface area contributed by atoms with E-state index in [1.807, 2.05) is 61.5 Å². The molecule has 3 aliphatic rings. The SMILES string of the molecule is COCC(C)NC1C(c2ccccc2)N(CC(C)(C)C)CC(c2cccc3c2nc(N)c(=O)n3-c2cccnc2C(F)(F)F)N1c1c(-c2cccc3sc(NC(C)=O)nc23)c(N2CCN(CC(C)(C)C)C(CC(C)C)C2)c(C2c3ccccc3CC(C(F)(F)F)C2c2cccnc2)c2sc(NC(C)=O)nc12. The molecule has 5 aromatic carbocycles. The molecule has 26 heteroatoms. The number of hydrogen-bond donors (Lipinski definition) is 4. The molecule has 5 N–H and O–H groups in total. The van der Waals surface area contributed by atoms with Gasteiger partial charge in [-0.25, -0.2) is 19.9 Å². The molecule has 106 heavy (non-hydrogen) atoms. The summed E-state index contributed by atoms with van der Waals surface area (Å²) in [7, 11) is 1.62. The van der Waals surface area contributed by atoms with Gasteiger partial charge in [-0.1, -0.05) is 163 Å². The van der Waals surface area contributed by atoms with Crippen molar-refractivity contribution in [2.45, 2.75) is 144 Å². The first-order valence-electron chi connectivity index (χ1n) is 35.9. The minimum atomic E-state index is -5.03. The van der Waals surface area contributed by atoms with E-state index in [2.05, 4.69) is 113 Å². The fraction of sp³-hybridized carbons (Fsp3) is 0.425. The summed E-state index contributed by atoms with van der Waals surface area (Å²) in [4.78, 5) is 76.1. The fourth-order valence-electron chi connectivity index (χ4n) is 16.6. The van der Waals surface area contributed by atoms with Gasteiger partial charge in [0, 0.05) is 125 Å². The molecule has 2 saturated heterocycles. The molecular weight excluding hydrogens is 1400 g/mol. The molecule has 13 rings (SSSR count). The fourth-order valence-corrected chi connectivity index (χ4v) is 18.6. The van der Waals surface area contributed by atoms with Crippen molar-refractivity contribution in [3.63, 3.8) is 0 Å². The summed E-state index contributed by atoms with van der Waals surface area (Å²) in [5.74, 6) is -5.64. The monoisotopic (exact) mass is 1490 g/mol. The number of fused-ring (bicyclic) bond motifs is 4. The quantitative estimate of drug-likeness (QED) is 0.0590. The van der Waals surface area contributed by atoms with Crippen molar-refractivity contribution in [1.29, 1.82) is 0 Å². The number of nitrogens with two attached hydrogens (primary N) is 1. The predicted molar refractivity (Wildman–Crippen MR) is 410 cm³/mol. The van der Waals surface area contributed by atoms with Gasteiger partial charge in [0.2, 0.25) is 11.8 Å². The van der Waals surface area contributed by atoms with Gasteiger partial charge in [-0.3, -0.25) is 39.1 Å². The van der Waals surface area contributed by atoms with Crippen molar-refractivity contribution in [2.75, 3.05) is 79.2 Å². The Morgan fingerprint density at radius 1 is 0.708 bits per heavy atom. The van der Waals surface area contributed by atoms with Crippen LogP contribution in [0.3, 0.4) is 0 Å². The molecule has 2 fully saturated rings. The van der Waals surface area contributed by atoms with Gasteiger partial charge in [-0.15, -0.1) is 0 Å². The summed E-state index contributed by atoms with van der Waals surface area (Å²) in [6.07, 6.45) is -6.21. The van der Waals surface area contributed by atoms with Crippen LogP contribution < -0.4 is 37.0 Å². The van der Waals surface area contributed by atoms with Gasteiger partial charge in [0.1, 0.15) is 11.7 Å². The molecule has 0 bridgehead atoms. The lowest BCUT2D eigenvalue weighted by molar-refractivity contribution is -0.183. The molecule has 0 saturated carbocycles. The number of carbonyl (C=O) groups excluding carboxylic acids is 2. The third-order valence-corrected chi connectivity index (χ3v) is 22.1. The van der Waals surface area contributed by atoms with Gasteiger partial charge in [-0.2, -0.15) is 26.3 Å². The second-order valence-corrected chi connectivity index (χ2v) is 33.3. The summed E-state index contributed by atoms with van der Waals surface area (Å²) in [6.45, 7) is 25.1. The summed E-state index contributed by atoms with van der Waals surface area (Å²) in [6, 6.07) is 32.0. The number of nitrogen functional groups attached to an aromatic ring is 1. The van der Waals surface area contributed by atoms with Crippen LogP contribution in [0.5, 0.6) is 0 Å². The van der Waals surface area contributed by atoms with E-state index in [1.165, 1.54) is 54.7 Å². The zero-order chi connectivity index (χ0) is 75.6. The topological polar surface area (TPSA) is 205 Å². The largest absolute Gasteiger partial charge is 0.435 e. The maximum absolute atomic E-state index is 17.1. The number of amides is 2. The van der Waals surface area contributed by atoms with Gasteiger partial charge < -0.3 is 30.9 Å². The molecule has 8 unspecified atom stereocenters. The number of carbonyl (C=O) groups is 2. The van der Waals surface area contributed by atoms with Crippen LogP contribution in [0.1, 0.15) is 146 Å². The number of alkyl halides is 6. The van der Waals surface area contributed by atoms with E-state index in [0.717, 1.165) is 29.3 Å². The Labute approximate surface area is 620 Å². The maximum atomic E-state index is 17.1. The lowest BCUT2D eigenvalue weighted by atomic mass is 9.63. The molecular formula is C80H90F6N14O4S2. The van der Waals surface area contributed by atoms with Crippen LogP contribution in [0.4, 0.5) is 53.8 Å². The number of aromatic nitrogens is 6. The minimum absolute atomic E-state index is 0.0123. The van der Waals surface area contributed by atoms with Crippen molar-refractivity contribution >= 4 is 93.4 Å². The minimum Gasteiger partial charge on any atom is -0.383 e. The Morgan fingerprint density at radius 2 is 1.37 bits per heavy atom. The Morgan fingerprint density at radius 3 is 2.04 bits per heavy atom. The summed E-state index contributed by atoms with van der Waals surface area (Å²) in [5.41, 5.74) is 9.58. The van der Waals surface area contributed by atoms with Crippen molar-refractivity contribution < 1.29 is 40.7 Å². The number of ether oxygens (including phenoxy) is 1. The maximum Gasteiger partial charge on any atom is 0.435 e. The Bertz CT molecular complexity index is 4960. The first-order valence-corrected chi connectivity index (χ1v) is 37.5. The zero-order valence-electron chi connectivity index (χ0n) is 61.5. The van der Waals surface area contributed by atoms with Crippen LogP contribution in [0.2, 0.25) is 0 Å². The molecule has 0 spiro atoms. The highest BCUT2D eigenvalue weighted by atomic mass is 32.1. The highest BCUT2D eigenvalue weighted by molar-refractivity contribution is 7.23. The summed E-state index contributed by atoms with van der Waals surface area (Å²) >= 11 is 2.44. The molecule has 0 radical (unpaired) electrons. The number of hydrogen-bond acceptors (Lipinski definition) is 17. The molecule has 558 valence electrons.